The fourth-order valence-corrected chi connectivity index (χ4v) is 5.51. The Balaban J connectivity index is 1.33. The first kappa shape index (κ1) is 21.9. The molecule has 0 aliphatic carbocycles. The lowest BCUT2D eigenvalue weighted by Crippen LogP contribution is -2.61. The summed E-state index contributed by atoms with van der Waals surface area (Å²) in [5.41, 5.74) is -0.0937. The Kier molecular flexibility index (Phi) is 5.63. The molecule has 2 aliphatic rings. The highest BCUT2D eigenvalue weighted by Crippen LogP contribution is 2.43. The highest BCUT2D eigenvalue weighted by atomic mass is 32.2. The number of rotatable bonds is 6. The number of alkyl halides is 3. The molecular weight excluding hydrogens is 437 g/mol. The summed E-state index contributed by atoms with van der Waals surface area (Å²) < 4.78 is 75.0. The fourth-order valence-electron chi connectivity index (χ4n) is 4.06. The first-order chi connectivity index (χ1) is 14.6. The van der Waals surface area contributed by atoms with Crippen molar-refractivity contribution in [3.8, 4) is 5.75 Å². The van der Waals surface area contributed by atoms with Crippen LogP contribution in [0.25, 0.3) is 0 Å². The summed E-state index contributed by atoms with van der Waals surface area (Å²) >= 11 is 0. The maximum atomic E-state index is 12.9. The molecule has 2 saturated heterocycles. The highest BCUT2D eigenvalue weighted by molar-refractivity contribution is 7.89. The number of ether oxygens (including phenoxy) is 1. The molecule has 0 radical (unpaired) electrons. The zero-order chi connectivity index (χ0) is 22.3. The van der Waals surface area contributed by atoms with Crippen LogP contribution in [0.15, 0.2) is 33.7 Å². The van der Waals surface area contributed by atoms with E-state index in [0.717, 1.165) is 0 Å². The Morgan fingerprint density at radius 2 is 1.81 bits per heavy atom. The third-order valence-electron chi connectivity index (χ3n) is 5.69. The van der Waals surface area contributed by atoms with Gasteiger partial charge in [0.25, 0.3) is 0 Å². The molecule has 0 N–H and O–H groups in total. The van der Waals surface area contributed by atoms with E-state index in [-0.39, 0.29) is 22.1 Å². The lowest BCUT2D eigenvalue weighted by Gasteiger charge is -2.52. The summed E-state index contributed by atoms with van der Waals surface area (Å²) in [6.07, 6.45) is -4.31. The SMILES string of the molecule is CCOc1ccc(S(=O)(=O)N2CCC3(CC2)CN(c2nc(CC(F)(F)F)no2)C3)cc1. The van der Waals surface area contributed by atoms with E-state index >= 15 is 0 Å². The van der Waals surface area contributed by atoms with Gasteiger partial charge in [-0.1, -0.05) is 5.16 Å². The summed E-state index contributed by atoms with van der Waals surface area (Å²) in [5, 5.41) is 3.39. The molecule has 0 bridgehead atoms. The van der Waals surface area contributed by atoms with Crippen LogP contribution in [0.3, 0.4) is 0 Å². The normalized spacial score (nSPS) is 19.4. The summed E-state index contributed by atoms with van der Waals surface area (Å²) in [7, 11) is -3.59. The van der Waals surface area contributed by atoms with Crippen LogP contribution in [-0.2, 0) is 16.4 Å². The Morgan fingerprint density at radius 3 is 2.39 bits per heavy atom. The van der Waals surface area contributed by atoms with E-state index in [1.807, 2.05) is 6.92 Å². The molecule has 0 atom stereocenters. The molecule has 170 valence electrons. The molecule has 1 spiro atoms. The molecule has 0 saturated carbocycles. The van der Waals surface area contributed by atoms with Gasteiger partial charge in [-0.05, 0) is 44.0 Å². The maximum Gasteiger partial charge on any atom is 0.396 e. The number of hydrogen-bond donors (Lipinski definition) is 0. The summed E-state index contributed by atoms with van der Waals surface area (Å²) in [6, 6.07) is 6.45. The molecule has 2 aromatic rings. The molecule has 8 nitrogen and oxygen atoms in total. The van der Waals surface area contributed by atoms with Crippen molar-refractivity contribution in [1.82, 2.24) is 14.4 Å². The lowest BCUT2D eigenvalue weighted by molar-refractivity contribution is -0.128. The van der Waals surface area contributed by atoms with Crippen molar-refractivity contribution in [2.45, 2.75) is 37.3 Å². The van der Waals surface area contributed by atoms with Crippen molar-refractivity contribution in [3.63, 3.8) is 0 Å². The summed E-state index contributed by atoms with van der Waals surface area (Å²) in [6.45, 7) is 4.23. The van der Waals surface area contributed by atoms with Gasteiger partial charge in [0.05, 0.1) is 11.5 Å². The van der Waals surface area contributed by atoms with Crippen LogP contribution < -0.4 is 9.64 Å². The molecule has 1 aromatic heterocycles. The van der Waals surface area contributed by atoms with Gasteiger partial charge in [-0.2, -0.15) is 22.5 Å². The van der Waals surface area contributed by atoms with Gasteiger partial charge in [-0.3, -0.25) is 0 Å². The van der Waals surface area contributed by atoms with Crippen molar-refractivity contribution in [2.24, 2.45) is 5.41 Å². The van der Waals surface area contributed by atoms with Gasteiger partial charge in [0, 0.05) is 31.6 Å². The minimum Gasteiger partial charge on any atom is -0.494 e. The second-order valence-electron chi connectivity index (χ2n) is 7.95. The van der Waals surface area contributed by atoms with Crippen LogP contribution in [0.5, 0.6) is 5.75 Å². The lowest BCUT2D eigenvalue weighted by atomic mass is 9.72. The van der Waals surface area contributed by atoms with Crippen LogP contribution in [0.4, 0.5) is 19.2 Å². The Morgan fingerprint density at radius 1 is 1.16 bits per heavy atom. The molecule has 0 amide bonds. The molecule has 12 heteroatoms. The molecule has 4 rings (SSSR count). The van der Waals surface area contributed by atoms with Gasteiger partial charge >= 0.3 is 12.2 Å². The second kappa shape index (κ2) is 7.97. The average molecular weight is 460 g/mol. The van der Waals surface area contributed by atoms with Gasteiger partial charge in [-0.15, -0.1) is 0 Å². The van der Waals surface area contributed by atoms with Crippen molar-refractivity contribution in [2.75, 3.05) is 37.7 Å². The number of benzene rings is 1. The van der Waals surface area contributed by atoms with E-state index < -0.39 is 22.6 Å². The van der Waals surface area contributed by atoms with E-state index in [1.165, 1.54) is 4.31 Å². The first-order valence-corrected chi connectivity index (χ1v) is 11.4. The van der Waals surface area contributed by atoms with E-state index in [4.69, 9.17) is 9.26 Å². The molecule has 0 unspecified atom stereocenters. The van der Waals surface area contributed by atoms with Gasteiger partial charge in [0.2, 0.25) is 10.0 Å². The number of aromatic nitrogens is 2. The van der Waals surface area contributed by atoms with Crippen molar-refractivity contribution in [1.29, 1.82) is 0 Å². The quantitative estimate of drug-likeness (QED) is 0.655. The topological polar surface area (TPSA) is 88.8 Å². The zero-order valence-corrected chi connectivity index (χ0v) is 17.7. The number of sulfonamides is 1. The van der Waals surface area contributed by atoms with Gasteiger partial charge < -0.3 is 14.2 Å². The van der Waals surface area contributed by atoms with E-state index in [1.54, 1.807) is 29.2 Å². The van der Waals surface area contributed by atoms with Gasteiger partial charge in [-0.25, -0.2) is 8.42 Å². The first-order valence-electron chi connectivity index (χ1n) is 9.98. The fraction of sp³-hybridized carbons (Fsp3) is 0.579. The summed E-state index contributed by atoms with van der Waals surface area (Å²) in [4.78, 5) is 5.79. The van der Waals surface area contributed by atoms with Crippen molar-refractivity contribution < 1.29 is 30.8 Å². The van der Waals surface area contributed by atoms with Crippen LogP contribution >= 0.6 is 0 Å². The van der Waals surface area contributed by atoms with Crippen LogP contribution in [0.1, 0.15) is 25.6 Å². The summed E-state index contributed by atoms with van der Waals surface area (Å²) in [5.74, 6) is 0.229. The van der Waals surface area contributed by atoms with Gasteiger partial charge in [0.15, 0.2) is 5.82 Å². The number of piperidine rings is 1. The van der Waals surface area contributed by atoms with Crippen LogP contribution in [-0.4, -0.2) is 61.8 Å². The Bertz CT molecular complexity index is 1010. The Hall–Kier alpha value is -2.34. The molecule has 2 aliphatic heterocycles. The number of nitrogens with zero attached hydrogens (tertiary/aromatic N) is 4. The minimum atomic E-state index is -4.39. The predicted octanol–water partition coefficient (Wildman–Crippen LogP) is 2.86. The average Bonchev–Trinajstić information content (AvgIpc) is 3.13. The van der Waals surface area contributed by atoms with Crippen LogP contribution in [0.2, 0.25) is 0 Å². The maximum absolute atomic E-state index is 12.9. The van der Waals surface area contributed by atoms with Crippen molar-refractivity contribution >= 4 is 16.0 Å². The largest absolute Gasteiger partial charge is 0.494 e. The van der Waals surface area contributed by atoms with E-state index in [9.17, 15) is 21.6 Å². The van der Waals surface area contributed by atoms with E-state index in [0.29, 0.717) is 51.4 Å². The molecular formula is C19H23F3N4O4S. The number of halogens is 3. The second-order valence-corrected chi connectivity index (χ2v) is 9.89. The monoisotopic (exact) mass is 460 g/mol. The smallest absolute Gasteiger partial charge is 0.396 e. The molecule has 1 aromatic carbocycles. The molecule has 31 heavy (non-hydrogen) atoms. The number of anilines is 1. The highest BCUT2D eigenvalue weighted by Gasteiger charge is 2.48. The minimum absolute atomic E-state index is 0.0781. The van der Waals surface area contributed by atoms with Crippen molar-refractivity contribution in [3.05, 3.63) is 30.1 Å². The molecule has 3 heterocycles. The third-order valence-corrected chi connectivity index (χ3v) is 7.61. The number of hydrogen-bond acceptors (Lipinski definition) is 7. The third kappa shape index (κ3) is 4.64. The van der Waals surface area contributed by atoms with Gasteiger partial charge in [0.1, 0.15) is 12.2 Å². The van der Waals surface area contributed by atoms with Crippen LogP contribution in [0, 0.1) is 5.41 Å². The molecule has 2 fully saturated rings. The Labute approximate surface area is 178 Å². The predicted molar refractivity (Wildman–Crippen MR) is 104 cm³/mol. The standard InChI is InChI=1S/C19H23F3N4O4S/c1-2-29-14-3-5-15(6-4-14)31(27,28)26-9-7-18(8-10-26)12-25(13-18)17-23-16(24-30-17)11-19(20,21)22/h3-6H,2,7-13H2,1H3. The zero-order valence-electron chi connectivity index (χ0n) is 16.9. The van der Waals surface area contributed by atoms with E-state index in [2.05, 4.69) is 10.1 Å².